The van der Waals surface area contributed by atoms with E-state index in [9.17, 15) is 4.79 Å². The van der Waals surface area contributed by atoms with Crippen molar-refractivity contribution in [2.24, 2.45) is 5.73 Å². The van der Waals surface area contributed by atoms with Crippen molar-refractivity contribution in [3.05, 3.63) is 77.0 Å². The normalized spacial score (nSPS) is 10.7. The van der Waals surface area contributed by atoms with Gasteiger partial charge in [0.2, 0.25) is 0 Å². The molecule has 1 heterocycles. The summed E-state index contributed by atoms with van der Waals surface area (Å²) in [5.41, 5.74) is 11.4. The van der Waals surface area contributed by atoms with Crippen LogP contribution in [-0.2, 0) is 13.0 Å². The van der Waals surface area contributed by atoms with Crippen molar-refractivity contribution >= 4 is 5.91 Å². The first-order chi connectivity index (χ1) is 12.5. The van der Waals surface area contributed by atoms with Crippen LogP contribution in [0.25, 0.3) is 11.3 Å². The molecule has 3 rings (SSSR count). The number of nitrogens with two attached hydrogens (primary N) is 1. The van der Waals surface area contributed by atoms with Gasteiger partial charge in [0.25, 0.3) is 5.91 Å². The van der Waals surface area contributed by atoms with Crippen LogP contribution in [0, 0.1) is 13.8 Å². The van der Waals surface area contributed by atoms with Crippen LogP contribution in [0.4, 0.5) is 0 Å². The van der Waals surface area contributed by atoms with Crippen LogP contribution in [0.3, 0.4) is 0 Å². The first-order valence-corrected chi connectivity index (χ1v) is 8.70. The molecule has 134 valence electrons. The molecule has 0 spiro atoms. The van der Waals surface area contributed by atoms with Gasteiger partial charge in [-0.25, -0.2) is 0 Å². The first-order valence-electron chi connectivity index (χ1n) is 8.70. The molecule has 2 N–H and O–H groups in total. The number of hydrogen-bond donors (Lipinski definition) is 1. The summed E-state index contributed by atoms with van der Waals surface area (Å²) < 4.78 is 7.66. The Balaban J connectivity index is 2.02. The van der Waals surface area contributed by atoms with Crippen LogP contribution < -0.4 is 10.5 Å². The Hall–Kier alpha value is -3.01. The molecule has 0 aliphatic rings. The highest BCUT2D eigenvalue weighted by atomic mass is 16.5. The summed E-state index contributed by atoms with van der Waals surface area (Å²) in [6, 6.07) is 18.2. The van der Waals surface area contributed by atoms with Crippen LogP contribution in [-0.4, -0.2) is 17.6 Å². The highest BCUT2D eigenvalue weighted by Crippen LogP contribution is 2.33. The van der Waals surface area contributed by atoms with Crippen molar-refractivity contribution < 1.29 is 9.53 Å². The van der Waals surface area contributed by atoms with Gasteiger partial charge in [-0.1, -0.05) is 42.0 Å². The number of nitrogens with zero attached hydrogens (tertiary/aromatic N) is 1. The summed E-state index contributed by atoms with van der Waals surface area (Å²) in [5, 5.41) is 0. The minimum absolute atomic E-state index is 0.410. The number of methoxy groups -OCH3 is 1. The molecule has 1 amide bonds. The van der Waals surface area contributed by atoms with E-state index in [1.807, 2.05) is 37.3 Å². The number of benzene rings is 2. The van der Waals surface area contributed by atoms with Gasteiger partial charge in [-0.2, -0.15) is 0 Å². The Bertz CT molecular complexity index is 924. The molecule has 1 aromatic heterocycles. The summed E-state index contributed by atoms with van der Waals surface area (Å²) in [6.45, 7) is 4.78. The Kier molecular flexibility index (Phi) is 5.12. The number of para-hydroxylation sites is 1. The van der Waals surface area contributed by atoms with E-state index in [1.54, 1.807) is 7.11 Å². The Labute approximate surface area is 154 Å². The molecular formula is C22H24N2O2. The van der Waals surface area contributed by atoms with Crippen molar-refractivity contribution in [1.82, 2.24) is 4.57 Å². The third-order valence-electron chi connectivity index (χ3n) is 4.76. The van der Waals surface area contributed by atoms with Gasteiger partial charge < -0.3 is 15.0 Å². The fourth-order valence-electron chi connectivity index (χ4n) is 3.26. The van der Waals surface area contributed by atoms with Gasteiger partial charge in [-0.05, 0) is 44.0 Å². The standard InChI is InChI=1S/C22H24N2O2/c1-15-8-10-17(11-9-15)12-13-24-16(2)19(22(23)25)14-20(24)18-6-4-5-7-21(18)26-3/h4-11,14H,12-13H2,1-3H3,(H2,23,25). The van der Waals surface area contributed by atoms with Crippen molar-refractivity contribution in [2.75, 3.05) is 7.11 Å². The first kappa shape index (κ1) is 17.8. The molecule has 2 aromatic carbocycles. The molecule has 3 aromatic rings. The lowest BCUT2D eigenvalue weighted by molar-refractivity contribution is 0.0999. The fraction of sp³-hybridized carbons (Fsp3) is 0.227. The van der Waals surface area contributed by atoms with Gasteiger partial charge in [0, 0.05) is 17.8 Å². The maximum absolute atomic E-state index is 11.9. The van der Waals surface area contributed by atoms with Crippen LogP contribution >= 0.6 is 0 Å². The molecule has 0 aliphatic heterocycles. The lowest BCUT2D eigenvalue weighted by Gasteiger charge is -2.14. The fourth-order valence-corrected chi connectivity index (χ4v) is 3.26. The molecule has 4 heteroatoms. The quantitative estimate of drug-likeness (QED) is 0.728. The minimum atomic E-state index is -0.410. The highest BCUT2D eigenvalue weighted by Gasteiger charge is 2.18. The number of aryl methyl sites for hydroxylation is 2. The number of ether oxygens (including phenoxy) is 1. The van der Waals surface area contributed by atoms with Crippen molar-refractivity contribution in [3.8, 4) is 17.0 Å². The zero-order valence-electron chi connectivity index (χ0n) is 15.5. The minimum Gasteiger partial charge on any atom is -0.496 e. The molecule has 4 nitrogen and oxygen atoms in total. The summed E-state index contributed by atoms with van der Waals surface area (Å²) in [5.74, 6) is 0.366. The largest absolute Gasteiger partial charge is 0.496 e. The van der Waals surface area contributed by atoms with Crippen molar-refractivity contribution in [2.45, 2.75) is 26.8 Å². The van der Waals surface area contributed by atoms with E-state index >= 15 is 0 Å². The smallest absolute Gasteiger partial charge is 0.250 e. The van der Waals surface area contributed by atoms with Crippen molar-refractivity contribution in [1.29, 1.82) is 0 Å². The number of hydrogen-bond acceptors (Lipinski definition) is 2. The molecule has 26 heavy (non-hydrogen) atoms. The monoisotopic (exact) mass is 348 g/mol. The molecule has 0 unspecified atom stereocenters. The number of carbonyl (C=O) groups excluding carboxylic acids is 1. The van der Waals surface area contributed by atoms with E-state index in [2.05, 4.69) is 35.8 Å². The van der Waals surface area contributed by atoms with Crippen LogP contribution in [0.1, 0.15) is 27.2 Å². The second kappa shape index (κ2) is 7.48. The van der Waals surface area contributed by atoms with E-state index in [0.29, 0.717) is 5.56 Å². The number of amides is 1. The van der Waals surface area contributed by atoms with Gasteiger partial charge in [0.05, 0.1) is 18.4 Å². The van der Waals surface area contributed by atoms with Gasteiger partial charge in [0.15, 0.2) is 0 Å². The molecule has 0 saturated heterocycles. The zero-order chi connectivity index (χ0) is 18.7. The van der Waals surface area contributed by atoms with Crippen LogP contribution in [0.15, 0.2) is 54.6 Å². The average Bonchev–Trinajstić information content (AvgIpc) is 2.98. The predicted molar refractivity (Wildman–Crippen MR) is 105 cm³/mol. The zero-order valence-corrected chi connectivity index (χ0v) is 15.5. The maximum atomic E-state index is 11.9. The summed E-state index contributed by atoms with van der Waals surface area (Å²) in [7, 11) is 1.65. The van der Waals surface area contributed by atoms with Gasteiger partial charge in [-0.3, -0.25) is 4.79 Å². The van der Waals surface area contributed by atoms with E-state index in [-0.39, 0.29) is 0 Å². The number of carbonyl (C=O) groups is 1. The van der Waals surface area contributed by atoms with E-state index in [0.717, 1.165) is 35.7 Å². The summed E-state index contributed by atoms with van der Waals surface area (Å²) >= 11 is 0. The molecule has 0 saturated carbocycles. The predicted octanol–water partition coefficient (Wildman–Crippen LogP) is 4.12. The van der Waals surface area contributed by atoms with Crippen molar-refractivity contribution in [3.63, 3.8) is 0 Å². The third-order valence-corrected chi connectivity index (χ3v) is 4.76. The average molecular weight is 348 g/mol. The number of aromatic nitrogens is 1. The van der Waals surface area contributed by atoms with Gasteiger partial charge in [0.1, 0.15) is 5.75 Å². The molecule has 0 atom stereocenters. The summed E-state index contributed by atoms with van der Waals surface area (Å²) in [6.07, 6.45) is 0.871. The second-order valence-corrected chi connectivity index (χ2v) is 6.48. The van der Waals surface area contributed by atoms with Gasteiger partial charge in [-0.15, -0.1) is 0 Å². The van der Waals surface area contributed by atoms with E-state index in [1.165, 1.54) is 11.1 Å². The Morgan fingerprint density at radius 1 is 1.08 bits per heavy atom. The molecule has 0 aliphatic carbocycles. The SMILES string of the molecule is COc1ccccc1-c1cc(C(N)=O)c(C)n1CCc1ccc(C)cc1. The molecule has 0 radical (unpaired) electrons. The molecule has 0 bridgehead atoms. The van der Waals surface area contributed by atoms with Crippen LogP contribution in [0.5, 0.6) is 5.75 Å². The van der Waals surface area contributed by atoms with Gasteiger partial charge >= 0.3 is 0 Å². The van der Waals surface area contributed by atoms with Crippen LogP contribution in [0.2, 0.25) is 0 Å². The number of primary amides is 1. The Morgan fingerprint density at radius 2 is 1.77 bits per heavy atom. The molecular weight excluding hydrogens is 324 g/mol. The Morgan fingerprint density at radius 3 is 2.42 bits per heavy atom. The lowest BCUT2D eigenvalue weighted by Crippen LogP contribution is -2.13. The summed E-state index contributed by atoms with van der Waals surface area (Å²) in [4.78, 5) is 11.9. The topological polar surface area (TPSA) is 57.2 Å². The maximum Gasteiger partial charge on any atom is 0.250 e. The van der Waals surface area contributed by atoms with E-state index < -0.39 is 5.91 Å². The van der Waals surface area contributed by atoms with E-state index in [4.69, 9.17) is 10.5 Å². The third kappa shape index (κ3) is 3.49. The second-order valence-electron chi connectivity index (χ2n) is 6.48. The number of rotatable bonds is 6. The molecule has 0 fully saturated rings. The highest BCUT2D eigenvalue weighted by molar-refractivity contribution is 5.96. The lowest BCUT2D eigenvalue weighted by atomic mass is 10.1.